The Morgan fingerprint density at radius 2 is 1.91 bits per heavy atom. The predicted octanol–water partition coefficient (Wildman–Crippen LogP) is 3.05. The minimum atomic E-state index is -0.212. The Morgan fingerprint density at radius 1 is 1.17 bits per heavy atom. The summed E-state index contributed by atoms with van der Waals surface area (Å²) < 4.78 is 10.4. The van der Waals surface area contributed by atoms with Gasteiger partial charge in [0.1, 0.15) is 11.5 Å². The molecule has 1 N–H and O–H groups in total. The second kappa shape index (κ2) is 8.19. The molecule has 0 unspecified atom stereocenters. The van der Waals surface area contributed by atoms with Crippen molar-refractivity contribution in [2.24, 2.45) is 5.10 Å². The Balaban J connectivity index is 1.95. The fourth-order valence-corrected chi connectivity index (χ4v) is 2.05. The van der Waals surface area contributed by atoms with E-state index in [0.29, 0.717) is 16.5 Å². The largest absolute Gasteiger partial charge is 0.497 e. The fraction of sp³-hybridized carbons (Fsp3) is 0.176. The van der Waals surface area contributed by atoms with Gasteiger partial charge in [0.2, 0.25) is 5.91 Å². The van der Waals surface area contributed by atoms with Crippen LogP contribution < -0.4 is 14.9 Å². The number of hydrazone groups is 1. The van der Waals surface area contributed by atoms with Gasteiger partial charge < -0.3 is 9.47 Å². The summed E-state index contributed by atoms with van der Waals surface area (Å²) in [6, 6.07) is 12.4. The van der Waals surface area contributed by atoms with E-state index in [9.17, 15) is 4.79 Å². The number of rotatable bonds is 6. The molecule has 0 aromatic heterocycles. The number of hydrogen-bond acceptors (Lipinski definition) is 4. The number of methoxy groups -OCH3 is 2. The first-order chi connectivity index (χ1) is 11.1. The number of carbonyl (C=O) groups excluding carboxylic acids is 1. The predicted molar refractivity (Wildman–Crippen MR) is 90.4 cm³/mol. The van der Waals surface area contributed by atoms with E-state index in [2.05, 4.69) is 10.5 Å². The SMILES string of the molecule is COc1ccc(/C=N\NC(=O)Cc2ccc(Cl)cc2)c(OC)c1. The highest BCUT2D eigenvalue weighted by atomic mass is 35.5. The summed E-state index contributed by atoms with van der Waals surface area (Å²) in [5.74, 6) is 1.09. The molecule has 5 nitrogen and oxygen atoms in total. The van der Waals surface area contributed by atoms with Crippen LogP contribution >= 0.6 is 11.6 Å². The van der Waals surface area contributed by atoms with Crippen molar-refractivity contribution in [1.29, 1.82) is 0 Å². The standard InChI is InChI=1S/C17H17ClN2O3/c1-22-15-8-5-13(16(10-15)23-2)11-19-20-17(21)9-12-3-6-14(18)7-4-12/h3-8,10-11H,9H2,1-2H3,(H,20,21)/b19-11-. The van der Waals surface area contributed by atoms with Crippen molar-refractivity contribution in [2.75, 3.05) is 14.2 Å². The van der Waals surface area contributed by atoms with Gasteiger partial charge in [0.05, 0.1) is 26.9 Å². The lowest BCUT2D eigenvalue weighted by Crippen LogP contribution is -2.19. The molecule has 23 heavy (non-hydrogen) atoms. The molecule has 0 aliphatic carbocycles. The normalized spacial score (nSPS) is 10.6. The molecule has 0 aliphatic heterocycles. The maximum Gasteiger partial charge on any atom is 0.244 e. The molecule has 2 aromatic carbocycles. The molecule has 0 saturated heterocycles. The van der Waals surface area contributed by atoms with Gasteiger partial charge in [-0.3, -0.25) is 4.79 Å². The summed E-state index contributed by atoms with van der Waals surface area (Å²) in [4.78, 5) is 11.8. The highest BCUT2D eigenvalue weighted by molar-refractivity contribution is 6.30. The van der Waals surface area contributed by atoms with Crippen LogP contribution in [0.15, 0.2) is 47.6 Å². The van der Waals surface area contributed by atoms with Crippen molar-refractivity contribution in [1.82, 2.24) is 5.43 Å². The van der Waals surface area contributed by atoms with E-state index >= 15 is 0 Å². The third-order valence-electron chi connectivity index (χ3n) is 3.11. The van der Waals surface area contributed by atoms with Gasteiger partial charge in [-0.2, -0.15) is 5.10 Å². The molecule has 0 radical (unpaired) electrons. The first-order valence-electron chi connectivity index (χ1n) is 6.90. The quantitative estimate of drug-likeness (QED) is 0.653. The maximum atomic E-state index is 11.8. The lowest BCUT2D eigenvalue weighted by Gasteiger charge is -2.07. The number of ether oxygens (including phenoxy) is 2. The van der Waals surface area contributed by atoms with Crippen LogP contribution in [-0.4, -0.2) is 26.3 Å². The minimum Gasteiger partial charge on any atom is -0.497 e. The Hall–Kier alpha value is -2.53. The topological polar surface area (TPSA) is 59.9 Å². The van der Waals surface area contributed by atoms with Crippen LogP contribution in [0.3, 0.4) is 0 Å². The first-order valence-corrected chi connectivity index (χ1v) is 7.28. The molecule has 0 bridgehead atoms. The molecule has 2 aromatic rings. The van der Waals surface area contributed by atoms with Gasteiger partial charge in [-0.05, 0) is 29.8 Å². The molecule has 6 heteroatoms. The number of hydrogen-bond donors (Lipinski definition) is 1. The number of benzene rings is 2. The lowest BCUT2D eigenvalue weighted by atomic mass is 10.1. The van der Waals surface area contributed by atoms with Crippen LogP contribution in [-0.2, 0) is 11.2 Å². The van der Waals surface area contributed by atoms with Crippen molar-refractivity contribution in [3.05, 3.63) is 58.6 Å². The first kappa shape index (κ1) is 16.8. The zero-order valence-corrected chi connectivity index (χ0v) is 13.6. The molecule has 2 rings (SSSR count). The zero-order chi connectivity index (χ0) is 16.7. The molecule has 0 saturated carbocycles. The second-order valence-corrected chi connectivity index (χ2v) is 5.14. The summed E-state index contributed by atoms with van der Waals surface area (Å²) in [6.07, 6.45) is 1.76. The average Bonchev–Trinajstić information content (AvgIpc) is 2.57. The zero-order valence-electron chi connectivity index (χ0n) is 12.9. The van der Waals surface area contributed by atoms with Crippen LogP contribution in [0.2, 0.25) is 5.02 Å². The van der Waals surface area contributed by atoms with Crippen molar-refractivity contribution >= 4 is 23.7 Å². The van der Waals surface area contributed by atoms with Gasteiger partial charge in [-0.25, -0.2) is 5.43 Å². The van der Waals surface area contributed by atoms with E-state index in [1.54, 1.807) is 56.7 Å². The monoisotopic (exact) mass is 332 g/mol. The van der Waals surface area contributed by atoms with E-state index in [1.807, 2.05) is 0 Å². The van der Waals surface area contributed by atoms with Gasteiger partial charge in [0.15, 0.2) is 0 Å². The number of carbonyl (C=O) groups is 1. The number of halogens is 1. The molecule has 0 fully saturated rings. The smallest absolute Gasteiger partial charge is 0.244 e. The Kier molecular flexibility index (Phi) is 6.00. The molecular formula is C17H17ClN2O3. The minimum absolute atomic E-state index is 0.212. The summed E-state index contributed by atoms with van der Waals surface area (Å²) in [7, 11) is 3.14. The average molecular weight is 333 g/mol. The molecule has 1 amide bonds. The van der Waals surface area contributed by atoms with Crippen molar-refractivity contribution in [2.45, 2.75) is 6.42 Å². The molecule has 120 valence electrons. The highest BCUT2D eigenvalue weighted by Gasteiger charge is 2.04. The highest BCUT2D eigenvalue weighted by Crippen LogP contribution is 2.22. The number of nitrogens with zero attached hydrogens (tertiary/aromatic N) is 1. The van der Waals surface area contributed by atoms with Crippen molar-refractivity contribution in [3.63, 3.8) is 0 Å². The van der Waals surface area contributed by atoms with E-state index < -0.39 is 0 Å². The van der Waals surface area contributed by atoms with Gasteiger partial charge >= 0.3 is 0 Å². The van der Waals surface area contributed by atoms with Crippen LogP contribution in [0.1, 0.15) is 11.1 Å². The number of nitrogens with one attached hydrogen (secondary N) is 1. The van der Waals surface area contributed by atoms with Crippen molar-refractivity contribution in [3.8, 4) is 11.5 Å². The molecule has 0 heterocycles. The van der Waals surface area contributed by atoms with Crippen LogP contribution in [0.5, 0.6) is 11.5 Å². The van der Waals surface area contributed by atoms with E-state index in [4.69, 9.17) is 21.1 Å². The molecule has 0 aliphatic rings. The van der Waals surface area contributed by atoms with Crippen molar-refractivity contribution < 1.29 is 14.3 Å². The molecule has 0 spiro atoms. The Morgan fingerprint density at radius 3 is 2.57 bits per heavy atom. The molecular weight excluding hydrogens is 316 g/mol. The summed E-state index contributed by atoms with van der Waals surface area (Å²) in [6.45, 7) is 0. The third kappa shape index (κ3) is 5.00. The van der Waals surface area contributed by atoms with Gasteiger partial charge in [-0.1, -0.05) is 23.7 Å². The van der Waals surface area contributed by atoms with E-state index in [0.717, 1.165) is 11.1 Å². The summed E-state index contributed by atoms with van der Waals surface area (Å²) in [5, 5.41) is 4.59. The second-order valence-electron chi connectivity index (χ2n) is 4.70. The summed E-state index contributed by atoms with van der Waals surface area (Å²) >= 11 is 5.80. The summed E-state index contributed by atoms with van der Waals surface area (Å²) in [5.41, 5.74) is 4.09. The Bertz CT molecular complexity index is 699. The van der Waals surface area contributed by atoms with E-state index in [-0.39, 0.29) is 12.3 Å². The molecule has 0 atom stereocenters. The Labute approximate surface area is 139 Å². The fourth-order valence-electron chi connectivity index (χ4n) is 1.93. The van der Waals surface area contributed by atoms with Crippen LogP contribution in [0, 0.1) is 0 Å². The van der Waals surface area contributed by atoms with E-state index in [1.165, 1.54) is 6.21 Å². The van der Waals surface area contributed by atoms with Crippen LogP contribution in [0.25, 0.3) is 0 Å². The number of amides is 1. The van der Waals surface area contributed by atoms with Gasteiger partial charge in [-0.15, -0.1) is 0 Å². The lowest BCUT2D eigenvalue weighted by molar-refractivity contribution is -0.120. The third-order valence-corrected chi connectivity index (χ3v) is 3.36. The van der Waals surface area contributed by atoms with Crippen LogP contribution in [0.4, 0.5) is 0 Å². The van der Waals surface area contributed by atoms with Gasteiger partial charge in [0.25, 0.3) is 0 Å². The van der Waals surface area contributed by atoms with Gasteiger partial charge in [0, 0.05) is 16.7 Å². The maximum absolute atomic E-state index is 11.8.